The molecule has 0 spiro atoms. The first-order chi connectivity index (χ1) is 9.47. The maximum atomic E-state index is 11.5. The number of ether oxygens (including phenoxy) is 2. The van der Waals surface area contributed by atoms with Gasteiger partial charge in [0, 0.05) is 0 Å². The zero-order valence-corrected chi connectivity index (χ0v) is 11.0. The Hall–Kier alpha value is -2.34. The van der Waals surface area contributed by atoms with Crippen LogP contribution >= 0.6 is 0 Å². The Morgan fingerprint density at radius 3 is 2.65 bits per heavy atom. The van der Waals surface area contributed by atoms with Crippen molar-refractivity contribution in [3.05, 3.63) is 36.4 Å². The highest BCUT2D eigenvalue weighted by Crippen LogP contribution is 2.28. The number of benzene rings is 1. The van der Waals surface area contributed by atoms with Gasteiger partial charge in [-0.25, -0.2) is 4.79 Å². The van der Waals surface area contributed by atoms with E-state index in [-0.39, 0.29) is 5.75 Å². The van der Waals surface area contributed by atoms with E-state index in [1.807, 2.05) is 0 Å². The number of methoxy groups -OCH3 is 1. The summed E-state index contributed by atoms with van der Waals surface area (Å²) >= 11 is 0. The SMILES string of the molecule is C=CCc1ccc(OC(=O)C[C@H](O)C(=O)O)c(OC)c1. The molecule has 20 heavy (non-hydrogen) atoms. The monoisotopic (exact) mass is 280 g/mol. The number of carboxylic acids is 1. The number of rotatable bonds is 7. The van der Waals surface area contributed by atoms with Gasteiger partial charge in [-0.3, -0.25) is 4.79 Å². The average molecular weight is 280 g/mol. The number of aliphatic hydroxyl groups excluding tert-OH is 1. The summed E-state index contributed by atoms with van der Waals surface area (Å²) in [7, 11) is 1.43. The summed E-state index contributed by atoms with van der Waals surface area (Å²) in [5.41, 5.74) is 0.933. The van der Waals surface area contributed by atoms with Gasteiger partial charge in [0.1, 0.15) is 0 Å². The summed E-state index contributed by atoms with van der Waals surface area (Å²) in [6, 6.07) is 4.97. The van der Waals surface area contributed by atoms with Gasteiger partial charge in [-0.1, -0.05) is 12.1 Å². The van der Waals surface area contributed by atoms with Crippen molar-refractivity contribution >= 4 is 11.9 Å². The van der Waals surface area contributed by atoms with E-state index in [1.165, 1.54) is 7.11 Å². The standard InChI is InChI=1S/C14H16O6/c1-3-4-9-5-6-11(12(7-9)19-2)20-13(16)8-10(15)14(17)18/h3,5-7,10,15H,1,4,8H2,2H3,(H,17,18)/t10-/m0/s1. The van der Waals surface area contributed by atoms with E-state index in [0.29, 0.717) is 12.2 Å². The summed E-state index contributed by atoms with van der Waals surface area (Å²) in [4.78, 5) is 21.9. The topological polar surface area (TPSA) is 93.1 Å². The van der Waals surface area contributed by atoms with Crippen LogP contribution in [0.25, 0.3) is 0 Å². The van der Waals surface area contributed by atoms with E-state index in [2.05, 4.69) is 6.58 Å². The Balaban J connectivity index is 2.78. The van der Waals surface area contributed by atoms with Gasteiger partial charge in [0.25, 0.3) is 0 Å². The molecule has 0 aliphatic carbocycles. The van der Waals surface area contributed by atoms with Crippen molar-refractivity contribution in [3.63, 3.8) is 0 Å². The number of allylic oxidation sites excluding steroid dienone is 1. The summed E-state index contributed by atoms with van der Waals surface area (Å²) < 4.78 is 10.1. The van der Waals surface area contributed by atoms with Crippen LogP contribution in [0.5, 0.6) is 11.5 Å². The number of hydrogen-bond donors (Lipinski definition) is 2. The van der Waals surface area contributed by atoms with E-state index < -0.39 is 24.5 Å². The molecule has 6 heteroatoms. The molecule has 1 aromatic rings. The Morgan fingerprint density at radius 1 is 1.40 bits per heavy atom. The molecular formula is C14H16O6. The summed E-state index contributed by atoms with van der Waals surface area (Å²) in [5, 5.41) is 17.6. The molecule has 0 fully saturated rings. The lowest BCUT2D eigenvalue weighted by molar-refractivity contribution is -0.152. The fraction of sp³-hybridized carbons (Fsp3) is 0.286. The molecule has 0 saturated heterocycles. The molecule has 108 valence electrons. The lowest BCUT2D eigenvalue weighted by Crippen LogP contribution is -2.25. The Morgan fingerprint density at radius 2 is 2.10 bits per heavy atom. The minimum Gasteiger partial charge on any atom is -0.493 e. The highest BCUT2D eigenvalue weighted by molar-refractivity contribution is 5.81. The molecule has 0 aliphatic rings. The lowest BCUT2D eigenvalue weighted by atomic mass is 10.1. The van der Waals surface area contributed by atoms with Gasteiger partial charge >= 0.3 is 11.9 Å². The van der Waals surface area contributed by atoms with Crippen molar-refractivity contribution in [3.8, 4) is 11.5 Å². The predicted molar refractivity (Wildman–Crippen MR) is 70.8 cm³/mol. The van der Waals surface area contributed by atoms with Crippen LogP contribution in [-0.4, -0.2) is 35.4 Å². The summed E-state index contributed by atoms with van der Waals surface area (Å²) in [6.45, 7) is 3.62. The van der Waals surface area contributed by atoms with Gasteiger partial charge in [0.05, 0.1) is 13.5 Å². The molecule has 0 aromatic heterocycles. The average Bonchev–Trinajstić information content (AvgIpc) is 2.40. The molecule has 1 aromatic carbocycles. The van der Waals surface area contributed by atoms with Gasteiger partial charge in [0.15, 0.2) is 17.6 Å². The van der Waals surface area contributed by atoms with E-state index in [0.717, 1.165) is 5.56 Å². The largest absolute Gasteiger partial charge is 0.493 e. The Labute approximate surface area is 116 Å². The van der Waals surface area contributed by atoms with E-state index in [4.69, 9.17) is 19.7 Å². The third kappa shape index (κ3) is 4.40. The second kappa shape index (κ2) is 7.30. The van der Waals surface area contributed by atoms with Crippen LogP contribution in [-0.2, 0) is 16.0 Å². The number of aliphatic hydroxyl groups is 1. The molecule has 1 rings (SSSR count). The van der Waals surface area contributed by atoms with Crippen LogP contribution in [0.3, 0.4) is 0 Å². The fourth-order valence-electron chi connectivity index (χ4n) is 1.50. The number of carbonyl (C=O) groups excluding carboxylic acids is 1. The first kappa shape index (κ1) is 15.7. The first-order valence-electron chi connectivity index (χ1n) is 5.87. The summed E-state index contributed by atoms with van der Waals surface area (Å²) in [6.07, 6.45) is -0.0488. The zero-order chi connectivity index (χ0) is 15.1. The molecule has 0 unspecified atom stereocenters. The predicted octanol–water partition coefficient (Wildman–Crippen LogP) is 1.16. The third-order valence-corrected chi connectivity index (χ3v) is 2.48. The number of esters is 1. The van der Waals surface area contributed by atoms with Gasteiger partial charge < -0.3 is 19.7 Å². The van der Waals surface area contributed by atoms with Gasteiger partial charge in [-0.15, -0.1) is 6.58 Å². The molecule has 2 N–H and O–H groups in total. The van der Waals surface area contributed by atoms with Crippen molar-refractivity contribution in [1.29, 1.82) is 0 Å². The molecular weight excluding hydrogens is 264 g/mol. The van der Waals surface area contributed by atoms with Crippen molar-refractivity contribution in [1.82, 2.24) is 0 Å². The Kier molecular flexibility index (Phi) is 5.74. The molecule has 1 atom stereocenters. The molecule has 6 nitrogen and oxygen atoms in total. The number of hydrogen-bond acceptors (Lipinski definition) is 5. The van der Waals surface area contributed by atoms with E-state index in [9.17, 15) is 9.59 Å². The third-order valence-electron chi connectivity index (χ3n) is 2.48. The second-order valence-electron chi connectivity index (χ2n) is 4.01. The molecule has 0 heterocycles. The van der Waals surface area contributed by atoms with Gasteiger partial charge in [0.2, 0.25) is 0 Å². The second-order valence-corrected chi connectivity index (χ2v) is 4.01. The molecule has 0 amide bonds. The van der Waals surface area contributed by atoms with Gasteiger partial charge in [-0.05, 0) is 24.1 Å². The maximum Gasteiger partial charge on any atom is 0.333 e. The highest BCUT2D eigenvalue weighted by atomic mass is 16.6. The van der Waals surface area contributed by atoms with Crippen molar-refractivity contribution in [2.75, 3.05) is 7.11 Å². The van der Waals surface area contributed by atoms with Crippen LogP contribution in [0.2, 0.25) is 0 Å². The van der Waals surface area contributed by atoms with Gasteiger partial charge in [-0.2, -0.15) is 0 Å². The highest BCUT2D eigenvalue weighted by Gasteiger charge is 2.20. The van der Waals surface area contributed by atoms with Crippen molar-refractivity contribution in [2.45, 2.75) is 18.9 Å². The Bertz CT molecular complexity index is 508. The van der Waals surface area contributed by atoms with Crippen molar-refractivity contribution < 1.29 is 29.3 Å². The fourth-order valence-corrected chi connectivity index (χ4v) is 1.50. The quantitative estimate of drug-likeness (QED) is 0.442. The van der Waals surface area contributed by atoms with Crippen LogP contribution in [0.15, 0.2) is 30.9 Å². The zero-order valence-electron chi connectivity index (χ0n) is 11.0. The minimum absolute atomic E-state index is 0.169. The summed E-state index contributed by atoms with van der Waals surface area (Å²) in [5.74, 6) is -1.81. The van der Waals surface area contributed by atoms with Crippen LogP contribution in [0.1, 0.15) is 12.0 Å². The molecule has 0 radical (unpaired) electrons. The van der Waals surface area contributed by atoms with E-state index >= 15 is 0 Å². The van der Waals surface area contributed by atoms with Crippen LogP contribution in [0.4, 0.5) is 0 Å². The molecule has 0 aliphatic heterocycles. The smallest absolute Gasteiger partial charge is 0.333 e. The first-order valence-corrected chi connectivity index (χ1v) is 5.87. The normalized spacial score (nSPS) is 11.5. The molecule has 0 saturated carbocycles. The number of carbonyl (C=O) groups is 2. The lowest BCUT2D eigenvalue weighted by Gasteiger charge is -2.11. The maximum absolute atomic E-state index is 11.5. The number of aliphatic carboxylic acids is 1. The minimum atomic E-state index is -1.78. The van der Waals surface area contributed by atoms with Crippen molar-refractivity contribution in [2.24, 2.45) is 0 Å². The van der Waals surface area contributed by atoms with Crippen LogP contribution < -0.4 is 9.47 Å². The van der Waals surface area contributed by atoms with Crippen LogP contribution in [0, 0.1) is 0 Å². The molecule has 0 bridgehead atoms. The van der Waals surface area contributed by atoms with E-state index in [1.54, 1.807) is 24.3 Å². The number of carboxylic acid groups (broad SMARTS) is 1.